The van der Waals surface area contributed by atoms with Gasteiger partial charge in [-0.2, -0.15) is 0 Å². The molecule has 0 unspecified atom stereocenters. The Morgan fingerprint density at radius 1 is 1.29 bits per heavy atom. The standard InChI is InChI=1S/C16H16FN3O/c1-2-7-19-16(21)13-8-15(11-18-10-13)20-9-12-3-5-14(17)6-4-12/h2-6,8,10-11,20H,1,7,9H2,(H,19,21). The molecule has 108 valence electrons. The molecule has 1 aromatic heterocycles. The minimum atomic E-state index is -0.263. The van der Waals surface area contributed by atoms with E-state index in [0.29, 0.717) is 18.7 Å². The zero-order valence-corrected chi connectivity index (χ0v) is 11.5. The summed E-state index contributed by atoms with van der Waals surface area (Å²) in [7, 11) is 0. The van der Waals surface area contributed by atoms with Crippen LogP contribution in [0.25, 0.3) is 0 Å². The van der Waals surface area contributed by atoms with Crippen molar-refractivity contribution in [2.75, 3.05) is 11.9 Å². The third kappa shape index (κ3) is 4.42. The monoisotopic (exact) mass is 285 g/mol. The predicted octanol–water partition coefficient (Wildman–Crippen LogP) is 2.75. The molecule has 1 heterocycles. The molecule has 21 heavy (non-hydrogen) atoms. The van der Waals surface area contributed by atoms with Gasteiger partial charge in [-0.1, -0.05) is 18.2 Å². The van der Waals surface area contributed by atoms with Gasteiger partial charge in [0.15, 0.2) is 0 Å². The van der Waals surface area contributed by atoms with Gasteiger partial charge in [-0.25, -0.2) is 4.39 Å². The fourth-order valence-corrected chi connectivity index (χ4v) is 1.73. The first kappa shape index (κ1) is 14.7. The van der Waals surface area contributed by atoms with Crippen LogP contribution in [0.5, 0.6) is 0 Å². The molecule has 2 rings (SSSR count). The summed E-state index contributed by atoms with van der Waals surface area (Å²) in [6.45, 7) is 4.48. The van der Waals surface area contributed by atoms with E-state index in [-0.39, 0.29) is 11.7 Å². The lowest BCUT2D eigenvalue weighted by Gasteiger charge is -2.08. The molecule has 0 saturated carbocycles. The van der Waals surface area contributed by atoms with E-state index in [1.165, 1.54) is 18.3 Å². The largest absolute Gasteiger partial charge is 0.380 e. The molecule has 1 amide bonds. The summed E-state index contributed by atoms with van der Waals surface area (Å²) >= 11 is 0. The maximum Gasteiger partial charge on any atom is 0.253 e. The second kappa shape index (κ2) is 7.19. The van der Waals surface area contributed by atoms with Gasteiger partial charge in [-0.05, 0) is 23.8 Å². The lowest BCUT2D eigenvalue weighted by Crippen LogP contribution is -2.23. The molecule has 0 atom stereocenters. The predicted molar refractivity (Wildman–Crippen MR) is 80.5 cm³/mol. The van der Waals surface area contributed by atoms with Crippen molar-refractivity contribution < 1.29 is 9.18 Å². The van der Waals surface area contributed by atoms with E-state index in [0.717, 1.165) is 11.3 Å². The SMILES string of the molecule is C=CCNC(=O)c1cncc(NCc2ccc(F)cc2)c1. The number of nitrogens with zero attached hydrogens (tertiary/aromatic N) is 1. The van der Waals surface area contributed by atoms with E-state index in [1.807, 2.05) is 0 Å². The second-order valence-corrected chi connectivity index (χ2v) is 4.44. The van der Waals surface area contributed by atoms with Crippen molar-refractivity contribution in [1.82, 2.24) is 10.3 Å². The van der Waals surface area contributed by atoms with Crippen LogP contribution in [0, 0.1) is 5.82 Å². The van der Waals surface area contributed by atoms with Crippen molar-refractivity contribution in [2.45, 2.75) is 6.54 Å². The Kier molecular flexibility index (Phi) is 5.04. The number of hydrogen-bond donors (Lipinski definition) is 2. The highest BCUT2D eigenvalue weighted by molar-refractivity contribution is 5.94. The molecule has 0 aliphatic carbocycles. The Morgan fingerprint density at radius 2 is 2.05 bits per heavy atom. The van der Waals surface area contributed by atoms with Crippen LogP contribution in [0.1, 0.15) is 15.9 Å². The Hall–Kier alpha value is -2.69. The van der Waals surface area contributed by atoms with Crippen LogP contribution in [0.15, 0.2) is 55.4 Å². The molecule has 0 spiro atoms. The lowest BCUT2D eigenvalue weighted by molar-refractivity contribution is 0.0957. The third-order valence-electron chi connectivity index (χ3n) is 2.82. The number of anilines is 1. The minimum absolute atomic E-state index is 0.201. The summed E-state index contributed by atoms with van der Waals surface area (Å²) in [5.74, 6) is -0.464. The molecule has 2 N–H and O–H groups in total. The van der Waals surface area contributed by atoms with Gasteiger partial charge in [-0.3, -0.25) is 9.78 Å². The summed E-state index contributed by atoms with van der Waals surface area (Å²) in [6, 6.07) is 7.95. The molecule has 5 heteroatoms. The number of hydrogen-bond acceptors (Lipinski definition) is 3. The van der Waals surface area contributed by atoms with E-state index < -0.39 is 0 Å². The molecule has 2 aromatic rings. The quantitative estimate of drug-likeness (QED) is 0.802. The maximum absolute atomic E-state index is 12.8. The first-order valence-corrected chi connectivity index (χ1v) is 6.51. The zero-order chi connectivity index (χ0) is 15.1. The number of pyridine rings is 1. The molecular formula is C16H16FN3O. The normalized spacial score (nSPS) is 9.95. The van der Waals surface area contributed by atoms with Gasteiger partial charge in [0, 0.05) is 25.5 Å². The van der Waals surface area contributed by atoms with Crippen molar-refractivity contribution in [3.05, 3.63) is 72.3 Å². The maximum atomic E-state index is 12.8. The summed E-state index contributed by atoms with van der Waals surface area (Å²) in [5.41, 5.74) is 2.14. The first-order chi connectivity index (χ1) is 10.2. The molecule has 0 saturated heterocycles. The van der Waals surface area contributed by atoms with Crippen LogP contribution < -0.4 is 10.6 Å². The van der Waals surface area contributed by atoms with Crippen LogP contribution in [-0.4, -0.2) is 17.4 Å². The van der Waals surface area contributed by atoms with Crippen molar-refractivity contribution in [3.8, 4) is 0 Å². The van der Waals surface area contributed by atoms with Crippen molar-refractivity contribution >= 4 is 11.6 Å². The molecule has 4 nitrogen and oxygen atoms in total. The number of carbonyl (C=O) groups excluding carboxylic acids is 1. The number of carbonyl (C=O) groups is 1. The van der Waals surface area contributed by atoms with Gasteiger partial charge in [0.05, 0.1) is 11.3 Å². The van der Waals surface area contributed by atoms with Gasteiger partial charge in [0.25, 0.3) is 5.91 Å². The Balaban J connectivity index is 1.99. The van der Waals surface area contributed by atoms with Crippen LogP contribution >= 0.6 is 0 Å². The van der Waals surface area contributed by atoms with Crippen LogP contribution in [0.4, 0.5) is 10.1 Å². The molecule has 1 aromatic carbocycles. The molecule has 0 aliphatic heterocycles. The average Bonchev–Trinajstić information content (AvgIpc) is 2.52. The van der Waals surface area contributed by atoms with Crippen LogP contribution in [0.2, 0.25) is 0 Å². The topological polar surface area (TPSA) is 54.0 Å². The summed E-state index contributed by atoms with van der Waals surface area (Å²) in [5, 5.41) is 5.84. The highest BCUT2D eigenvalue weighted by Gasteiger charge is 2.05. The van der Waals surface area contributed by atoms with E-state index in [2.05, 4.69) is 22.2 Å². The highest BCUT2D eigenvalue weighted by atomic mass is 19.1. The van der Waals surface area contributed by atoms with E-state index in [9.17, 15) is 9.18 Å². The van der Waals surface area contributed by atoms with Crippen LogP contribution in [-0.2, 0) is 6.54 Å². The third-order valence-corrected chi connectivity index (χ3v) is 2.82. The average molecular weight is 285 g/mol. The Morgan fingerprint density at radius 3 is 2.76 bits per heavy atom. The summed E-state index contributed by atoms with van der Waals surface area (Å²) in [4.78, 5) is 15.8. The lowest BCUT2D eigenvalue weighted by atomic mass is 10.2. The van der Waals surface area contributed by atoms with Gasteiger partial charge in [0.2, 0.25) is 0 Å². The van der Waals surface area contributed by atoms with Crippen molar-refractivity contribution in [1.29, 1.82) is 0 Å². The molecule has 0 fully saturated rings. The summed E-state index contributed by atoms with van der Waals surface area (Å²) < 4.78 is 12.8. The molecule has 0 bridgehead atoms. The fraction of sp³-hybridized carbons (Fsp3) is 0.125. The second-order valence-electron chi connectivity index (χ2n) is 4.44. The number of amides is 1. The van der Waals surface area contributed by atoms with Crippen molar-refractivity contribution in [3.63, 3.8) is 0 Å². The smallest absolute Gasteiger partial charge is 0.253 e. The van der Waals surface area contributed by atoms with E-state index in [1.54, 1.807) is 30.5 Å². The minimum Gasteiger partial charge on any atom is -0.380 e. The summed E-state index contributed by atoms with van der Waals surface area (Å²) in [6.07, 6.45) is 4.75. The number of rotatable bonds is 6. The first-order valence-electron chi connectivity index (χ1n) is 6.51. The molecule has 0 aliphatic rings. The molecular weight excluding hydrogens is 269 g/mol. The number of halogens is 1. The number of nitrogens with one attached hydrogen (secondary N) is 2. The van der Waals surface area contributed by atoms with Crippen LogP contribution in [0.3, 0.4) is 0 Å². The fourth-order valence-electron chi connectivity index (χ4n) is 1.73. The number of aromatic nitrogens is 1. The molecule has 0 radical (unpaired) electrons. The zero-order valence-electron chi connectivity index (χ0n) is 11.5. The number of benzene rings is 1. The van der Waals surface area contributed by atoms with Crippen molar-refractivity contribution in [2.24, 2.45) is 0 Å². The Labute approximate surface area is 122 Å². The van der Waals surface area contributed by atoms with E-state index >= 15 is 0 Å². The van der Waals surface area contributed by atoms with E-state index in [4.69, 9.17) is 0 Å². The van der Waals surface area contributed by atoms with Gasteiger partial charge >= 0.3 is 0 Å². The van der Waals surface area contributed by atoms with Gasteiger partial charge < -0.3 is 10.6 Å². The van der Waals surface area contributed by atoms with Gasteiger partial charge in [0.1, 0.15) is 5.82 Å². The van der Waals surface area contributed by atoms with Gasteiger partial charge in [-0.15, -0.1) is 6.58 Å². The Bertz CT molecular complexity index is 626. The highest BCUT2D eigenvalue weighted by Crippen LogP contribution is 2.11.